The van der Waals surface area contributed by atoms with E-state index in [1.165, 1.54) is 0 Å². The molecule has 18 heavy (non-hydrogen) atoms. The van der Waals surface area contributed by atoms with E-state index < -0.39 is 12.1 Å². The molecule has 0 saturated carbocycles. The molecule has 0 unspecified atom stereocenters. The van der Waals surface area contributed by atoms with E-state index in [0.717, 1.165) is 12.1 Å². The van der Waals surface area contributed by atoms with Crippen molar-refractivity contribution < 1.29 is 15.0 Å². The van der Waals surface area contributed by atoms with Crippen molar-refractivity contribution in [1.82, 2.24) is 4.90 Å². The lowest BCUT2D eigenvalue weighted by atomic mass is 10.0. The van der Waals surface area contributed by atoms with Gasteiger partial charge in [0.05, 0.1) is 18.6 Å². The molecule has 1 heterocycles. The first kappa shape index (κ1) is 13.3. The van der Waals surface area contributed by atoms with Crippen molar-refractivity contribution in [2.75, 3.05) is 13.1 Å². The molecule has 0 aromatic heterocycles. The first-order chi connectivity index (χ1) is 8.58. The van der Waals surface area contributed by atoms with Crippen LogP contribution in [0.25, 0.3) is 0 Å². The third-order valence-corrected chi connectivity index (χ3v) is 3.55. The van der Waals surface area contributed by atoms with Crippen molar-refractivity contribution in [1.29, 1.82) is 0 Å². The molecule has 1 saturated heterocycles. The molecule has 2 rings (SSSR count). The molecule has 1 aliphatic heterocycles. The third-order valence-electron chi connectivity index (χ3n) is 3.29. The second-order valence-corrected chi connectivity index (χ2v) is 4.97. The van der Waals surface area contributed by atoms with Gasteiger partial charge in [0, 0.05) is 18.1 Å². The van der Waals surface area contributed by atoms with Gasteiger partial charge in [-0.15, -0.1) is 0 Å². The minimum absolute atomic E-state index is 0.0941. The van der Waals surface area contributed by atoms with Gasteiger partial charge in [-0.3, -0.25) is 9.69 Å². The number of hydrogen-bond acceptors (Lipinski definition) is 3. The van der Waals surface area contributed by atoms with E-state index in [0.29, 0.717) is 18.0 Å². The van der Waals surface area contributed by atoms with Gasteiger partial charge in [0.2, 0.25) is 0 Å². The summed E-state index contributed by atoms with van der Waals surface area (Å²) >= 11 is 5.84. The van der Waals surface area contributed by atoms with Gasteiger partial charge in [-0.1, -0.05) is 23.7 Å². The highest BCUT2D eigenvalue weighted by molar-refractivity contribution is 6.30. The van der Waals surface area contributed by atoms with Crippen molar-refractivity contribution in [3.63, 3.8) is 0 Å². The maximum atomic E-state index is 10.6. The minimum Gasteiger partial charge on any atom is -0.481 e. The fraction of sp³-hybridized carbons (Fsp3) is 0.462. The van der Waals surface area contributed by atoms with E-state index >= 15 is 0 Å². The van der Waals surface area contributed by atoms with E-state index in [2.05, 4.69) is 0 Å². The van der Waals surface area contributed by atoms with Crippen molar-refractivity contribution >= 4 is 17.6 Å². The van der Waals surface area contributed by atoms with E-state index in [1.54, 1.807) is 12.1 Å². The van der Waals surface area contributed by atoms with E-state index in [1.807, 2.05) is 17.0 Å². The predicted octanol–water partition coefficient (Wildman–Crippen LogP) is 1.92. The number of halogens is 1. The van der Waals surface area contributed by atoms with Crippen LogP contribution < -0.4 is 0 Å². The molecular formula is C13H16ClNO3. The monoisotopic (exact) mass is 269 g/mol. The molecule has 1 aromatic carbocycles. The second kappa shape index (κ2) is 5.69. The zero-order valence-corrected chi connectivity index (χ0v) is 10.7. The Hall–Kier alpha value is -1.10. The SMILES string of the molecule is O=C(O)CCN1CC[C@@H](O)[C@H]1c1ccc(Cl)cc1. The number of likely N-dealkylation sites (tertiary alicyclic amines) is 1. The average Bonchev–Trinajstić information content (AvgIpc) is 2.69. The number of carboxylic acids is 1. The minimum atomic E-state index is -0.814. The summed E-state index contributed by atoms with van der Waals surface area (Å²) in [4.78, 5) is 12.6. The fourth-order valence-electron chi connectivity index (χ4n) is 2.42. The largest absolute Gasteiger partial charge is 0.481 e. The number of benzene rings is 1. The third kappa shape index (κ3) is 3.02. The Balaban J connectivity index is 2.11. The molecule has 98 valence electrons. The first-order valence-electron chi connectivity index (χ1n) is 5.97. The van der Waals surface area contributed by atoms with Gasteiger partial charge >= 0.3 is 5.97 Å². The Morgan fingerprint density at radius 3 is 2.67 bits per heavy atom. The zero-order valence-electron chi connectivity index (χ0n) is 9.92. The van der Waals surface area contributed by atoms with Crippen LogP contribution in [0.1, 0.15) is 24.4 Å². The molecule has 0 bridgehead atoms. The highest BCUT2D eigenvalue weighted by atomic mass is 35.5. The Bertz CT molecular complexity index is 421. The van der Waals surface area contributed by atoms with Crippen LogP contribution in [0.15, 0.2) is 24.3 Å². The molecular weight excluding hydrogens is 254 g/mol. The molecule has 2 atom stereocenters. The predicted molar refractivity (Wildman–Crippen MR) is 68.6 cm³/mol. The number of carbonyl (C=O) groups is 1. The van der Waals surface area contributed by atoms with Crippen molar-refractivity contribution in [2.24, 2.45) is 0 Å². The standard InChI is InChI=1S/C13H16ClNO3/c14-10-3-1-9(2-4-10)13-11(16)5-7-15(13)8-6-12(17)18/h1-4,11,13,16H,5-8H2,(H,17,18)/t11-,13-/m1/s1. The lowest BCUT2D eigenvalue weighted by Crippen LogP contribution is -2.29. The van der Waals surface area contributed by atoms with Crippen LogP contribution in [0.5, 0.6) is 0 Å². The van der Waals surface area contributed by atoms with Crippen molar-refractivity contribution in [3.8, 4) is 0 Å². The molecule has 1 aromatic rings. The quantitative estimate of drug-likeness (QED) is 0.877. The van der Waals surface area contributed by atoms with Crippen LogP contribution in [0, 0.1) is 0 Å². The van der Waals surface area contributed by atoms with Crippen LogP contribution in [0.3, 0.4) is 0 Å². The summed E-state index contributed by atoms with van der Waals surface area (Å²) in [6.45, 7) is 1.18. The normalized spacial score (nSPS) is 24.3. The molecule has 0 radical (unpaired) electrons. The Kier molecular flexibility index (Phi) is 4.22. The van der Waals surface area contributed by atoms with Crippen molar-refractivity contribution in [2.45, 2.75) is 25.0 Å². The second-order valence-electron chi connectivity index (χ2n) is 4.53. The fourth-order valence-corrected chi connectivity index (χ4v) is 2.55. The van der Waals surface area contributed by atoms with E-state index in [9.17, 15) is 9.90 Å². The Morgan fingerprint density at radius 1 is 1.39 bits per heavy atom. The lowest BCUT2D eigenvalue weighted by Gasteiger charge is -2.26. The maximum Gasteiger partial charge on any atom is 0.304 e. The zero-order chi connectivity index (χ0) is 13.1. The van der Waals surface area contributed by atoms with Crippen LogP contribution in [0.2, 0.25) is 5.02 Å². The molecule has 5 heteroatoms. The highest BCUT2D eigenvalue weighted by Crippen LogP contribution is 2.32. The maximum absolute atomic E-state index is 10.6. The van der Waals surface area contributed by atoms with Gasteiger partial charge in [0.15, 0.2) is 0 Å². The lowest BCUT2D eigenvalue weighted by molar-refractivity contribution is -0.137. The molecule has 2 N–H and O–H groups in total. The Morgan fingerprint density at radius 2 is 2.06 bits per heavy atom. The topological polar surface area (TPSA) is 60.8 Å². The summed E-state index contributed by atoms with van der Waals surface area (Å²) in [5.74, 6) is -0.814. The summed E-state index contributed by atoms with van der Waals surface area (Å²) in [5, 5.41) is 19.4. The molecule has 1 fully saturated rings. The molecule has 0 amide bonds. The van der Waals surface area contributed by atoms with Crippen LogP contribution >= 0.6 is 11.6 Å². The molecule has 1 aliphatic rings. The molecule has 4 nitrogen and oxygen atoms in total. The summed E-state index contributed by atoms with van der Waals surface area (Å²) in [7, 11) is 0. The molecule has 0 spiro atoms. The average molecular weight is 270 g/mol. The van der Waals surface area contributed by atoms with Crippen LogP contribution in [-0.2, 0) is 4.79 Å². The van der Waals surface area contributed by atoms with E-state index in [4.69, 9.17) is 16.7 Å². The van der Waals surface area contributed by atoms with Crippen LogP contribution in [0.4, 0.5) is 0 Å². The summed E-state index contributed by atoms with van der Waals surface area (Å²) in [6.07, 6.45) is 0.323. The molecule has 0 aliphatic carbocycles. The van der Waals surface area contributed by atoms with Gasteiger partial charge in [0.1, 0.15) is 0 Å². The highest BCUT2D eigenvalue weighted by Gasteiger charge is 2.33. The number of hydrogen-bond donors (Lipinski definition) is 2. The van der Waals surface area contributed by atoms with E-state index in [-0.39, 0.29) is 12.5 Å². The summed E-state index contributed by atoms with van der Waals surface area (Å²) in [6, 6.07) is 7.22. The smallest absolute Gasteiger partial charge is 0.304 e. The number of aliphatic hydroxyl groups is 1. The first-order valence-corrected chi connectivity index (χ1v) is 6.35. The van der Waals surface area contributed by atoms with Gasteiger partial charge in [-0.25, -0.2) is 0 Å². The number of carboxylic acid groups (broad SMARTS) is 1. The van der Waals surface area contributed by atoms with Gasteiger partial charge < -0.3 is 10.2 Å². The number of nitrogens with zero attached hydrogens (tertiary/aromatic N) is 1. The number of aliphatic hydroxyl groups excluding tert-OH is 1. The van der Waals surface area contributed by atoms with Crippen LogP contribution in [-0.4, -0.2) is 40.3 Å². The van der Waals surface area contributed by atoms with Crippen molar-refractivity contribution in [3.05, 3.63) is 34.9 Å². The number of rotatable bonds is 4. The van der Waals surface area contributed by atoms with Gasteiger partial charge in [0.25, 0.3) is 0 Å². The van der Waals surface area contributed by atoms with Gasteiger partial charge in [-0.05, 0) is 24.1 Å². The summed E-state index contributed by atoms with van der Waals surface area (Å²) in [5.41, 5.74) is 0.981. The summed E-state index contributed by atoms with van der Waals surface area (Å²) < 4.78 is 0. The number of aliphatic carboxylic acids is 1. The van der Waals surface area contributed by atoms with Gasteiger partial charge in [-0.2, -0.15) is 0 Å². The Labute approximate surface area is 111 Å².